The van der Waals surface area contributed by atoms with Crippen molar-refractivity contribution in [3.8, 4) is 0 Å². The van der Waals surface area contributed by atoms with E-state index in [0.29, 0.717) is 18.1 Å². The van der Waals surface area contributed by atoms with Crippen LogP contribution in [0, 0.1) is 6.92 Å². The molecule has 2 bridgehead atoms. The Balaban J connectivity index is 1.75. The Bertz CT molecular complexity index is 482. The summed E-state index contributed by atoms with van der Waals surface area (Å²) in [6.07, 6.45) is 4.74. The van der Waals surface area contributed by atoms with Crippen LogP contribution in [0.15, 0.2) is 12.1 Å². The minimum atomic E-state index is 0.155. The van der Waals surface area contributed by atoms with Crippen LogP contribution in [-0.2, 0) is 7.05 Å². The van der Waals surface area contributed by atoms with E-state index in [9.17, 15) is 4.79 Å². The van der Waals surface area contributed by atoms with E-state index in [2.05, 4.69) is 5.32 Å². The third-order valence-corrected chi connectivity index (χ3v) is 4.91. The van der Waals surface area contributed by atoms with E-state index in [1.165, 1.54) is 12.8 Å². The summed E-state index contributed by atoms with van der Waals surface area (Å²) in [7, 11) is 3.92. The quantitative estimate of drug-likeness (QED) is 0.879. The number of fused-ring (bicyclic) bond motifs is 2. The highest BCUT2D eigenvalue weighted by molar-refractivity contribution is 5.93. The monoisotopic (exact) mass is 261 g/mol. The summed E-state index contributed by atoms with van der Waals surface area (Å²) in [5.41, 5.74) is 1.92. The van der Waals surface area contributed by atoms with Crippen molar-refractivity contribution in [1.29, 1.82) is 0 Å². The predicted octanol–water partition coefficient (Wildman–Crippen LogP) is 1.69. The van der Waals surface area contributed by atoms with E-state index in [0.717, 1.165) is 24.2 Å². The summed E-state index contributed by atoms with van der Waals surface area (Å²) in [5.74, 6) is 0.155. The van der Waals surface area contributed by atoms with E-state index in [1.807, 2.05) is 42.6 Å². The Labute approximate surface area is 114 Å². The van der Waals surface area contributed by atoms with Crippen LogP contribution >= 0.6 is 0 Å². The summed E-state index contributed by atoms with van der Waals surface area (Å²) >= 11 is 0. The van der Waals surface area contributed by atoms with Gasteiger partial charge in [0.2, 0.25) is 0 Å². The number of hydrogen-bond donors (Lipinski definition) is 1. The smallest absolute Gasteiger partial charge is 0.270 e. The zero-order valence-corrected chi connectivity index (χ0v) is 12.0. The van der Waals surface area contributed by atoms with Crippen molar-refractivity contribution in [2.24, 2.45) is 7.05 Å². The van der Waals surface area contributed by atoms with Crippen molar-refractivity contribution in [3.05, 3.63) is 23.5 Å². The number of piperidine rings is 1. The molecule has 2 unspecified atom stereocenters. The van der Waals surface area contributed by atoms with Gasteiger partial charge in [0.05, 0.1) is 0 Å². The second-order valence-electron chi connectivity index (χ2n) is 6.10. The molecule has 0 saturated carbocycles. The van der Waals surface area contributed by atoms with Crippen LogP contribution in [0.1, 0.15) is 41.9 Å². The van der Waals surface area contributed by atoms with Gasteiger partial charge in [-0.15, -0.1) is 0 Å². The molecule has 2 aliphatic heterocycles. The molecule has 3 rings (SSSR count). The molecule has 2 aliphatic rings. The lowest BCUT2D eigenvalue weighted by molar-refractivity contribution is 0.0672. The molecule has 1 aromatic heterocycles. The van der Waals surface area contributed by atoms with Gasteiger partial charge in [-0.3, -0.25) is 4.79 Å². The number of hydrogen-bond acceptors (Lipinski definition) is 2. The zero-order valence-electron chi connectivity index (χ0n) is 12.0. The van der Waals surface area contributed by atoms with Gasteiger partial charge < -0.3 is 14.8 Å². The van der Waals surface area contributed by atoms with Crippen molar-refractivity contribution in [3.63, 3.8) is 0 Å². The van der Waals surface area contributed by atoms with Gasteiger partial charge in [-0.1, -0.05) is 0 Å². The summed E-state index contributed by atoms with van der Waals surface area (Å²) in [6, 6.07) is 5.57. The number of aromatic nitrogens is 1. The first-order valence-electron chi connectivity index (χ1n) is 7.22. The van der Waals surface area contributed by atoms with Crippen molar-refractivity contribution in [1.82, 2.24) is 14.8 Å². The van der Waals surface area contributed by atoms with Gasteiger partial charge in [0.25, 0.3) is 5.91 Å². The van der Waals surface area contributed by atoms with Crippen molar-refractivity contribution in [2.75, 3.05) is 7.05 Å². The van der Waals surface area contributed by atoms with Gasteiger partial charge in [0.15, 0.2) is 0 Å². The third kappa shape index (κ3) is 2.18. The Hall–Kier alpha value is -1.29. The van der Waals surface area contributed by atoms with Crippen LogP contribution in [0.3, 0.4) is 0 Å². The molecule has 19 heavy (non-hydrogen) atoms. The standard InChI is InChI=1S/C15H23N3O/c1-10-4-7-14(17(10)2)15(19)18(3)13-8-11-5-6-12(9-13)16-11/h4,7,11-13,16H,5-6,8-9H2,1-3H3. The van der Waals surface area contributed by atoms with Crippen LogP contribution in [0.4, 0.5) is 0 Å². The first-order chi connectivity index (χ1) is 9.06. The normalized spacial score (nSPS) is 29.5. The zero-order chi connectivity index (χ0) is 13.6. The molecule has 0 radical (unpaired) electrons. The highest BCUT2D eigenvalue weighted by atomic mass is 16.2. The molecular formula is C15H23N3O. The maximum Gasteiger partial charge on any atom is 0.270 e. The number of nitrogens with one attached hydrogen (secondary N) is 1. The van der Waals surface area contributed by atoms with Gasteiger partial charge in [-0.2, -0.15) is 0 Å². The Morgan fingerprint density at radius 3 is 2.47 bits per heavy atom. The molecule has 3 heterocycles. The van der Waals surface area contributed by atoms with Crippen LogP contribution in [0.2, 0.25) is 0 Å². The SMILES string of the molecule is Cc1ccc(C(=O)N(C)C2CC3CCC(C2)N3)n1C. The molecule has 0 aromatic carbocycles. The number of carbonyl (C=O) groups excluding carboxylic acids is 1. The Morgan fingerprint density at radius 2 is 1.95 bits per heavy atom. The number of rotatable bonds is 2. The summed E-state index contributed by atoms with van der Waals surface area (Å²) in [5, 5.41) is 3.63. The predicted molar refractivity (Wildman–Crippen MR) is 75.2 cm³/mol. The maximum atomic E-state index is 12.6. The number of nitrogens with zero attached hydrogens (tertiary/aromatic N) is 2. The van der Waals surface area contributed by atoms with Crippen molar-refractivity contribution >= 4 is 5.91 Å². The molecule has 1 amide bonds. The highest BCUT2D eigenvalue weighted by Gasteiger charge is 2.36. The minimum Gasteiger partial charge on any atom is -0.344 e. The lowest BCUT2D eigenvalue weighted by Gasteiger charge is -2.35. The van der Waals surface area contributed by atoms with Crippen LogP contribution in [0.25, 0.3) is 0 Å². The van der Waals surface area contributed by atoms with E-state index in [-0.39, 0.29) is 5.91 Å². The second kappa shape index (κ2) is 4.67. The first-order valence-corrected chi connectivity index (χ1v) is 7.22. The van der Waals surface area contributed by atoms with Crippen LogP contribution < -0.4 is 5.32 Å². The lowest BCUT2D eigenvalue weighted by Crippen LogP contribution is -2.49. The average Bonchev–Trinajstić information content (AvgIpc) is 2.91. The fourth-order valence-electron chi connectivity index (χ4n) is 3.52. The average molecular weight is 261 g/mol. The van der Waals surface area contributed by atoms with Crippen LogP contribution in [-0.4, -0.2) is 40.5 Å². The van der Waals surface area contributed by atoms with E-state index in [1.54, 1.807) is 0 Å². The number of amides is 1. The van der Waals surface area contributed by atoms with Gasteiger partial charge in [-0.05, 0) is 44.7 Å². The third-order valence-electron chi connectivity index (χ3n) is 4.91. The molecule has 2 fully saturated rings. The fraction of sp³-hybridized carbons (Fsp3) is 0.667. The summed E-state index contributed by atoms with van der Waals surface area (Å²) in [6.45, 7) is 2.03. The molecule has 2 atom stereocenters. The minimum absolute atomic E-state index is 0.155. The molecular weight excluding hydrogens is 238 g/mol. The van der Waals surface area contributed by atoms with Crippen LogP contribution in [0.5, 0.6) is 0 Å². The Morgan fingerprint density at radius 1 is 1.32 bits per heavy atom. The molecule has 4 heteroatoms. The molecule has 1 aromatic rings. The van der Waals surface area contributed by atoms with Gasteiger partial charge in [0, 0.05) is 37.9 Å². The molecule has 0 aliphatic carbocycles. The van der Waals surface area contributed by atoms with E-state index < -0.39 is 0 Å². The van der Waals surface area contributed by atoms with Crippen molar-refractivity contribution < 1.29 is 4.79 Å². The van der Waals surface area contributed by atoms with Gasteiger partial charge in [-0.25, -0.2) is 0 Å². The molecule has 1 N–H and O–H groups in total. The maximum absolute atomic E-state index is 12.6. The number of aryl methyl sites for hydroxylation is 1. The lowest BCUT2D eigenvalue weighted by atomic mass is 9.98. The number of carbonyl (C=O) groups is 1. The Kier molecular flexibility index (Phi) is 3.13. The molecule has 2 saturated heterocycles. The second-order valence-corrected chi connectivity index (χ2v) is 6.10. The molecule has 4 nitrogen and oxygen atoms in total. The highest BCUT2D eigenvalue weighted by Crippen LogP contribution is 2.29. The summed E-state index contributed by atoms with van der Waals surface area (Å²) in [4.78, 5) is 14.6. The topological polar surface area (TPSA) is 37.3 Å². The molecule has 104 valence electrons. The van der Waals surface area contributed by atoms with Gasteiger partial charge >= 0.3 is 0 Å². The van der Waals surface area contributed by atoms with E-state index in [4.69, 9.17) is 0 Å². The molecule has 0 spiro atoms. The van der Waals surface area contributed by atoms with Crippen molar-refractivity contribution in [2.45, 2.75) is 50.7 Å². The summed E-state index contributed by atoms with van der Waals surface area (Å²) < 4.78 is 1.98. The van der Waals surface area contributed by atoms with Gasteiger partial charge in [0.1, 0.15) is 5.69 Å². The fourth-order valence-corrected chi connectivity index (χ4v) is 3.52. The van der Waals surface area contributed by atoms with E-state index >= 15 is 0 Å². The first kappa shape index (κ1) is 12.7. The largest absolute Gasteiger partial charge is 0.344 e.